The molecule has 2 aliphatic rings. The van der Waals surface area contributed by atoms with Gasteiger partial charge in [-0.25, -0.2) is 4.79 Å². The Hall–Kier alpha value is -3.19. The van der Waals surface area contributed by atoms with Crippen LogP contribution in [-0.2, 0) is 26.5 Å². The Kier molecular flexibility index (Phi) is 3.23. The number of fused-ring (bicyclic) bond motifs is 1. The summed E-state index contributed by atoms with van der Waals surface area (Å²) in [5.74, 6) is -2.54. The van der Waals surface area contributed by atoms with Gasteiger partial charge in [-0.1, -0.05) is 30.3 Å². The van der Waals surface area contributed by atoms with Crippen LogP contribution in [-0.4, -0.2) is 28.5 Å². The second-order valence-electron chi connectivity index (χ2n) is 6.58. The fraction of sp³-hybridized carbons (Fsp3) is 0.211. The van der Waals surface area contributed by atoms with Crippen LogP contribution in [0.25, 0.3) is 0 Å². The Morgan fingerprint density at radius 2 is 1.81 bits per heavy atom. The molecule has 2 atom stereocenters. The van der Waals surface area contributed by atoms with E-state index in [0.29, 0.717) is 23.4 Å². The first-order valence-electron chi connectivity index (χ1n) is 8.05. The number of carboxylic acid groups (broad SMARTS) is 1. The van der Waals surface area contributed by atoms with Crippen molar-refractivity contribution in [3.63, 3.8) is 0 Å². The average molecular weight is 352 g/mol. The molecule has 0 aliphatic carbocycles. The van der Waals surface area contributed by atoms with Crippen molar-refractivity contribution in [2.75, 3.05) is 4.90 Å². The summed E-state index contributed by atoms with van der Waals surface area (Å²) in [6.45, 7) is 1.99. The SMILES string of the molecule is C[C@@]1(c2ccc(N3Cc4ccccc4C3=O)cc2)O[C@]1(C(N)=O)C(=O)O. The molecule has 0 aromatic heterocycles. The van der Waals surface area contributed by atoms with Crippen molar-refractivity contribution < 1.29 is 24.2 Å². The third kappa shape index (κ3) is 1.94. The van der Waals surface area contributed by atoms with Gasteiger partial charge in [0.05, 0.1) is 6.54 Å². The molecule has 0 saturated carbocycles. The number of hydrogen-bond donors (Lipinski definition) is 2. The molecule has 4 rings (SSSR count). The van der Waals surface area contributed by atoms with Gasteiger partial charge in [0.1, 0.15) is 5.60 Å². The largest absolute Gasteiger partial charge is 0.479 e. The minimum atomic E-state index is -2.06. The van der Waals surface area contributed by atoms with Gasteiger partial charge in [0, 0.05) is 11.3 Å². The van der Waals surface area contributed by atoms with Crippen molar-refractivity contribution >= 4 is 23.5 Å². The van der Waals surface area contributed by atoms with Crippen LogP contribution < -0.4 is 10.6 Å². The molecule has 7 heteroatoms. The zero-order chi connectivity index (χ0) is 18.7. The number of nitrogens with zero attached hydrogens (tertiary/aromatic N) is 1. The maximum absolute atomic E-state index is 12.5. The highest BCUT2D eigenvalue weighted by Crippen LogP contribution is 2.55. The molecule has 2 aromatic carbocycles. The first-order chi connectivity index (χ1) is 12.3. The van der Waals surface area contributed by atoms with Gasteiger partial charge in [0.25, 0.3) is 17.4 Å². The van der Waals surface area contributed by atoms with E-state index in [1.165, 1.54) is 6.92 Å². The molecule has 1 fully saturated rings. The van der Waals surface area contributed by atoms with Crippen LogP contribution in [0.1, 0.15) is 28.4 Å². The Bertz CT molecular complexity index is 939. The molecule has 2 amide bonds. The summed E-state index contributed by atoms with van der Waals surface area (Å²) in [6, 6.07) is 14.1. The maximum Gasteiger partial charge on any atom is 0.349 e. The number of rotatable bonds is 4. The third-order valence-corrected chi connectivity index (χ3v) is 5.19. The lowest BCUT2D eigenvalue weighted by Crippen LogP contribution is -2.44. The van der Waals surface area contributed by atoms with E-state index in [2.05, 4.69) is 0 Å². The second-order valence-corrected chi connectivity index (χ2v) is 6.58. The number of carbonyl (C=O) groups excluding carboxylic acids is 2. The molecular formula is C19H16N2O5. The fourth-order valence-electron chi connectivity index (χ4n) is 3.60. The zero-order valence-corrected chi connectivity index (χ0v) is 13.9. The van der Waals surface area contributed by atoms with Crippen LogP contribution >= 0.6 is 0 Å². The topological polar surface area (TPSA) is 113 Å². The van der Waals surface area contributed by atoms with Crippen LogP contribution in [0.3, 0.4) is 0 Å². The van der Waals surface area contributed by atoms with Gasteiger partial charge in [0.2, 0.25) is 0 Å². The minimum absolute atomic E-state index is 0.0840. The normalized spacial score (nSPS) is 26.5. The maximum atomic E-state index is 12.5. The molecular weight excluding hydrogens is 336 g/mol. The quantitative estimate of drug-likeness (QED) is 0.638. The van der Waals surface area contributed by atoms with Crippen LogP contribution in [0.4, 0.5) is 5.69 Å². The molecule has 0 bridgehead atoms. The number of aliphatic carboxylic acids is 1. The van der Waals surface area contributed by atoms with Crippen molar-refractivity contribution in [2.24, 2.45) is 5.73 Å². The fourth-order valence-corrected chi connectivity index (χ4v) is 3.60. The molecule has 1 saturated heterocycles. The highest BCUT2D eigenvalue weighted by Gasteiger charge is 2.77. The number of benzene rings is 2. The predicted octanol–water partition coefficient (Wildman–Crippen LogP) is 1.40. The van der Waals surface area contributed by atoms with Crippen LogP contribution in [0.2, 0.25) is 0 Å². The summed E-state index contributed by atoms with van der Waals surface area (Å²) in [5.41, 5.74) is 4.67. The van der Waals surface area contributed by atoms with Crippen molar-refractivity contribution in [3.8, 4) is 0 Å². The summed E-state index contributed by atoms with van der Waals surface area (Å²) < 4.78 is 5.28. The van der Waals surface area contributed by atoms with Crippen molar-refractivity contribution in [1.82, 2.24) is 0 Å². The summed E-state index contributed by atoms with van der Waals surface area (Å²) in [6.07, 6.45) is 0. The smallest absolute Gasteiger partial charge is 0.349 e. The molecule has 0 spiro atoms. The highest BCUT2D eigenvalue weighted by molar-refractivity contribution is 6.10. The number of anilines is 1. The molecule has 3 N–H and O–H groups in total. The minimum Gasteiger partial charge on any atom is -0.479 e. The summed E-state index contributed by atoms with van der Waals surface area (Å²) in [7, 11) is 0. The van der Waals surface area contributed by atoms with Gasteiger partial charge in [-0.15, -0.1) is 0 Å². The molecule has 2 aromatic rings. The number of nitrogens with two attached hydrogens (primary N) is 1. The number of hydrogen-bond acceptors (Lipinski definition) is 4. The van der Waals surface area contributed by atoms with E-state index >= 15 is 0 Å². The van der Waals surface area contributed by atoms with Crippen LogP contribution in [0.15, 0.2) is 48.5 Å². The van der Waals surface area contributed by atoms with Gasteiger partial charge in [-0.3, -0.25) is 9.59 Å². The number of amides is 2. The Morgan fingerprint density at radius 3 is 2.35 bits per heavy atom. The van der Waals surface area contributed by atoms with E-state index in [0.717, 1.165) is 5.56 Å². The molecule has 0 unspecified atom stereocenters. The summed E-state index contributed by atoms with van der Waals surface area (Å²) in [4.78, 5) is 37.3. The molecule has 2 aliphatic heterocycles. The van der Waals surface area contributed by atoms with Gasteiger partial charge >= 0.3 is 5.97 Å². The summed E-state index contributed by atoms with van der Waals surface area (Å²) in [5, 5.41) is 9.35. The number of epoxide rings is 1. The van der Waals surface area contributed by atoms with Crippen molar-refractivity contribution in [2.45, 2.75) is 24.7 Å². The van der Waals surface area contributed by atoms with Crippen LogP contribution in [0.5, 0.6) is 0 Å². The third-order valence-electron chi connectivity index (χ3n) is 5.19. The Morgan fingerprint density at radius 1 is 1.15 bits per heavy atom. The molecule has 26 heavy (non-hydrogen) atoms. The molecule has 132 valence electrons. The van der Waals surface area contributed by atoms with Crippen molar-refractivity contribution in [1.29, 1.82) is 0 Å². The van der Waals surface area contributed by atoms with Gasteiger partial charge in [-0.05, 0) is 36.2 Å². The number of ether oxygens (including phenoxy) is 1. The molecule has 7 nitrogen and oxygen atoms in total. The van der Waals surface area contributed by atoms with Crippen molar-refractivity contribution in [3.05, 3.63) is 65.2 Å². The number of primary amides is 1. The van der Waals surface area contributed by atoms with Gasteiger partial charge in [-0.2, -0.15) is 0 Å². The molecule has 0 radical (unpaired) electrons. The second kappa shape index (κ2) is 5.15. The Balaban J connectivity index is 1.63. The van der Waals surface area contributed by atoms with Gasteiger partial charge < -0.3 is 20.5 Å². The van der Waals surface area contributed by atoms with E-state index < -0.39 is 23.1 Å². The monoisotopic (exact) mass is 352 g/mol. The van der Waals surface area contributed by atoms with E-state index in [9.17, 15) is 19.5 Å². The van der Waals surface area contributed by atoms with E-state index in [4.69, 9.17) is 10.5 Å². The van der Waals surface area contributed by atoms with E-state index in [-0.39, 0.29) is 5.91 Å². The first kappa shape index (κ1) is 16.3. The van der Waals surface area contributed by atoms with E-state index in [1.807, 2.05) is 18.2 Å². The lowest BCUT2D eigenvalue weighted by Gasteiger charge is -2.17. The predicted molar refractivity (Wildman–Crippen MR) is 91.4 cm³/mol. The Labute approximate surface area is 149 Å². The van der Waals surface area contributed by atoms with Crippen LogP contribution in [0, 0.1) is 0 Å². The van der Waals surface area contributed by atoms with Gasteiger partial charge in [0.15, 0.2) is 0 Å². The number of carboxylic acids is 1. The lowest BCUT2D eigenvalue weighted by atomic mass is 9.87. The summed E-state index contributed by atoms with van der Waals surface area (Å²) >= 11 is 0. The zero-order valence-electron chi connectivity index (χ0n) is 13.9. The lowest BCUT2D eigenvalue weighted by molar-refractivity contribution is -0.147. The molecule has 2 heterocycles. The number of carbonyl (C=O) groups is 3. The van der Waals surface area contributed by atoms with E-state index in [1.54, 1.807) is 35.2 Å². The standard InChI is InChI=1S/C19H16N2O5/c1-18(19(26-18,16(20)23)17(24)25)12-6-8-13(9-7-12)21-10-11-4-2-3-5-14(11)15(21)22/h2-9H,10H2,1H3,(H2,20,23)(H,24,25)/t18-,19+/m0/s1. The average Bonchev–Trinajstić information content (AvgIpc) is 3.17. The first-order valence-corrected chi connectivity index (χ1v) is 8.05. The highest BCUT2D eigenvalue weighted by atomic mass is 16.7.